The van der Waals surface area contributed by atoms with Crippen molar-refractivity contribution in [2.24, 2.45) is 0 Å². The molecule has 0 unspecified atom stereocenters. The van der Waals surface area contributed by atoms with Crippen molar-refractivity contribution in [3.63, 3.8) is 0 Å². The van der Waals surface area contributed by atoms with E-state index in [4.69, 9.17) is 4.74 Å². The van der Waals surface area contributed by atoms with Crippen LogP contribution in [-0.4, -0.2) is 54.5 Å². The Hall–Kier alpha value is -7.92. The smallest absolute Gasteiger partial charge is 0.347 e. The second-order valence-electron chi connectivity index (χ2n) is 13.5. The molecule has 0 saturated carbocycles. The van der Waals surface area contributed by atoms with E-state index >= 15 is 0 Å². The monoisotopic (exact) mass is 758 g/mol. The normalized spacial score (nSPS) is 11.3. The highest BCUT2D eigenvalue weighted by Gasteiger charge is 2.28. The summed E-state index contributed by atoms with van der Waals surface area (Å²) in [5, 5.41) is 68.8. The first-order valence-corrected chi connectivity index (χ1v) is 17.6. The molecule has 57 heavy (non-hydrogen) atoms. The van der Waals surface area contributed by atoms with Crippen molar-refractivity contribution in [2.75, 3.05) is 0 Å². The Bertz CT molecular complexity index is 3040. The summed E-state index contributed by atoms with van der Waals surface area (Å²) in [6, 6.07) is 32.6. The second kappa shape index (κ2) is 14.1. The zero-order chi connectivity index (χ0) is 40.1. The van der Waals surface area contributed by atoms with Crippen molar-refractivity contribution in [3.05, 3.63) is 166 Å². The zero-order valence-electron chi connectivity index (χ0n) is 29.7. The van der Waals surface area contributed by atoms with E-state index in [0.717, 1.165) is 0 Å². The molecule has 8 aromatic rings. The average Bonchev–Trinajstić information content (AvgIpc) is 3.20. The lowest BCUT2D eigenvalue weighted by molar-refractivity contribution is 0.0668. The van der Waals surface area contributed by atoms with Gasteiger partial charge in [0.05, 0.1) is 0 Å². The van der Waals surface area contributed by atoms with Crippen molar-refractivity contribution in [2.45, 2.75) is 12.8 Å². The third kappa shape index (κ3) is 6.22. The first-order valence-electron chi connectivity index (χ1n) is 17.6. The van der Waals surface area contributed by atoms with E-state index in [-0.39, 0.29) is 57.5 Å². The van der Waals surface area contributed by atoms with Gasteiger partial charge in [0.1, 0.15) is 45.3 Å². The molecule has 0 radical (unpaired) electrons. The Balaban J connectivity index is 1.32. The molecule has 0 fully saturated rings. The maximum Gasteiger partial charge on any atom is 0.347 e. The lowest BCUT2D eigenvalue weighted by Gasteiger charge is -2.19. The fourth-order valence-corrected chi connectivity index (χ4v) is 7.61. The number of esters is 1. The largest absolute Gasteiger partial charge is 0.507 e. The quantitative estimate of drug-likeness (QED) is 0.0607. The number of fused-ring (bicyclic) bond motifs is 4. The summed E-state index contributed by atoms with van der Waals surface area (Å²) in [5.74, 6) is -7.30. The zero-order valence-corrected chi connectivity index (χ0v) is 29.7. The van der Waals surface area contributed by atoms with Gasteiger partial charge in [0.25, 0.3) is 0 Å². The number of ether oxygens (including phenoxy) is 1. The Labute approximate surface area is 322 Å². The molecule has 280 valence electrons. The van der Waals surface area contributed by atoms with Gasteiger partial charge in [-0.25, -0.2) is 19.2 Å². The molecule has 0 aliphatic heterocycles. The Morgan fingerprint density at radius 2 is 0.702 bits per heavy atom. The summed E-state index contributed by atoms with van der Waals surface area (Å²) in [6.07, 6.45) is -0.478. The molecule has 8 aromatic carbocycles. The predicted molar refractivity (Wildman–Crippen MR) is 212 cm³/mol. The number of hydrogen-bond acceptors (Lipinski definition) is 8. The van der Waals surface area contributed by atoms with Crippen LogP contribution in [0.15, 0.2) is 121 Å². The first-order chi connectivity index (χ1) is 27.4. The van der Waals surface area contributed by atoms with Crippen molar-refractivity contribution in [3.8, 4) is 23.0 Å². The minimum Gasteiger partial charge on any atom is -0.507 e. The van der Waals surface area contributed by atoms with Gasteiger partial charge >= 0.3 is 23.9 Å². The molecule has 0 spiro atoms. The maximum atomic E-state index is 14.4. The van der Waals surface area contributed by atoms with Crippen LogP contribution in [0.5, 0.6) is 23.0 Å². The van der Waals surface area contributed by atoms with Crippen LogP contribution in [0.3, 0.4) is 0 Å². The highest BCUT2D eigenvalue weighted by molar-refractivity contribution is 6.06. The van der Waals surface area contributed by atoms with Crippen molar-refractivity contribution in [1.29, 1.82) is 0 Å². The number of carbonyl (C=O) groups excluding carboxylic acids is 1. The van der Waals surface area contributed by atoms with Crippen LogP contribution >= 0.6 is 0 Å². The summed E-state index contributed by atoms with van der Waals surface area (Å²) < 4.78 is 6.01. The number of phenolic OH excluding ortho intramolecular Hbond substituents is 1. The topological polar surface area (TPSA) is 199 Å². The number of phenols is 3. The van der Waals surface area contributed by atoms with Gasteiger partial charge in [-0.3, -0.25) is 0 Å². The second-order valence-corrected chi connectivity index (χ2v) is 13.5. The minimum absolute atomic E-state index is 0.155. The van der Waals surface area contributed by atoms with Crippen LogP contribution in [0.25, 0.3) is 43.1 Å². The molecule has 11 heteroatoms. The van der Waals surface area contributed by atoms with Gasteiger partial charge < -0.3 is 35.4 Å². The first kappa shape index (κ1) is 36.1. The Morgan fingerprint density at radius 3 is 1.09 bits per heavy atom. The maximum absolute atomic E-state index is 14.4. The lowest BCUT2D eigenvalue weighted by Crippen LogP contribution is -2.15. The Morgan fingerprint density at radius 1 is 0.404 bits per heavy atom. The third-order valence-corrected chi connectivity index (χ3v) is 10.3. The van der Waals surface area contributed by atoms with Crippen LogP contribution in [0, 0.1) is 0 Å². The van der Waals surface area contributed by atoms with E-state index in [0.29, 0.717) is 43.1 Å². The molecule has 0 heterocycles. The van der Waals surface area contributed by atoms with E-state index in [2.05, 4.69) is 0 Å². The van der Waals surface area contributed by atoms with Crippen LogP contribution in [-0.2, 0) is 12.8 Å². The average molecular weight is 759 g/mol. The lowest BCUT2D eigenvalue weighted by atomic mass is 9.90. The highest BCUT2D eigenvalue weighted by Crippen LogP contribution is 2.42. The number of carbonyl (C=O) groups is 4. The SMILES string of the molecule is O=C(O)c1cc2ccccc2c(Cc2c(O)c(C(=O)Oc3c(C(=O)O)cc4ccccc4c3Cc3c(O)c(C(=O)O)cc4ccccc34)cc3ccccc23)c1O. The number of carboxylic acid groups (broad SMARTS) is 3. The molecule has 0 saturated heterocycles. The van der Waals surface area contributed by atoms with Crippen LogP contribution in [0.2, 0.25) is 0 Å². The number of aromatic hydroxyl groups is 3. The number of rotatable bonds is 9. The minimum atomic E-state index is -1.44. The molecule has 0 aliphatic rings. The van der Waals surface area contributed by atoms with Crippen molar-refractivity contribution >= 4 is 67.0 Å². The van der Waals surface area contributed by atoms with Crippen LogP contribution < -0.4 is 4.74 Å². The Kier molecular flexibility index (Phi) is 8.89. The van der Waals surface area contributed by atoms with Crippen LogP contribution in [0.4, 0.5) is 0 Å². The third-order valence-electron chi connectivity index (χ3n) is 10.3. The van der Waals surface area contributed by atoms with Gasteiger partial charge in [-0.15, -0.1) is 0 Å². The molecule has 0 bridgehead atoms. The number of aromatic carboxylic acids is 3. The van der Waals surface area contributed by atoms with E-state index < -0.39 is 46.7 Å². The standard InChI is InChI=1S/C46H30O11/c47-39-31(27-13-5-1-9-23(27)17-35(39)43(50)51)21-32-29-15-7-3-11-25(29)19-37(41(32)49)46(56)57-42-34(30-16-8-4-12-26(30)20-38(42)45(54)55)22-33-28-14-6-2-10-24(28)18-36(40(33)48)44(52)53/h1-20,47-49H,21-22H2,(H,50,51)(H,52,53)(H,54,55). The molecular formula is C46H30O11. The molecule has 0 atom stereocenters. The summed E-state index contributed by atoms with van der Waals surface area (Å²) >= 11 is 0. The van der Waals surface area contributed by atoms with Crippen LogP contribution in [0.1, 0.15) is 63.7 Å². The van der Waals surface area contributed by atoms with Gasteiger partial charge in [-0.2, -0.15) is 0 Å². The molecule has 11 nitrogen and oxygen atoms in total. The fourth-order valence-electron chi connectivity index (χ4n) is 7.61. The van der Waals surface area contributed by atoms with Crippen molar-refractivity contribution < 1.29 is 54.6 Å². The molecule has 8 rings (SSSR count). The van der Waals surface area contributed by atoms with Gasteiger partial charge in [-0.1, -0.05) is 97.1 Å². The summed E-state index contributed by atoms with van der Waals surface area (Å²) in [6.45, 7) is 0. The molecule has 0 aliphatic carbocycles. The predicted octanol–water partition coefficient (Wildman–Crippen LogP) is 8.91. The molecule has 0 amide bonds. The number of hydrogen-bond donors (Lipinski definition) is 6. The molecule has 6 N–H and O–H groups in total. The number of benzene rings is 8. The highest BCUT2D eigenvalue weighted by atomic mass is 16.5. The van der Waals surface area contributed by atoms with E-state index in [1.54, 1.807) is 97.1 Å². The summed E-state index contributed by atoms with van der Waals surface area (Å²) in [5.41, 5.74) is -0.801. The van der Waals surface area contributed by atoms with E-state index in [1.165, 1.54) is 24.3 Å². The van der Waals surface area contributed by atoms with Gasteiger partial charge in [0.2, 0.25) is 0 Å². The van der Waals surface area contributed by atoms with E-state index in [9.17, 15) is 49.8 Å². The number of carboxylic acids is 3. The molecule has 0 aromatic heterocycles. The van der Waals surface area contributed by atoms with Gasteiger partial charge in [-0.05, 0) is 67.4 Å². The summed E-state index contributed by atoms with van der Waals surface area (Å²) in [4.78, 5) is 51.7. The summed E-state index contributed by atoms with van der Waals surface area (Å²) in [7, 11) is 0. The van der Waals surface area contributed by atoms with Gasteiger partial charge in [0, 0.05) is 35.1 Å². The molecular weight excluding hydrogens is 728 g/mol. The van der Waals surface area contributed by atoms with Gasteiger partial charge in [0.15, 0.2) is 0 Å². The van der Waals surface area contributed by atoms with E-state index in [1.807, 2.05) is 0 Å². The fraction of sp³-hybridized carbons (Fsp3) is 0.0435. The van der Waals surface area contributed by atoms with Crippen molar-refractivity contribution in [1.82, 2.24) is 0 Å².